The molecule has 0 fully saturated rings. The molecule has 0 N–H and O–H groups in total. The number of nitrogens with zero attached hydrogens (tertiary/aromatic N) is 1. The molecule has 0 aliphatic heterocycles. The zero-order valence-electron chi connectivity index (χ0n) is 16.7. The van der Waals surface area contributed by atoms with Crippen molar-refractivity contribution in [1.29, 1.82) is 0 Å². The van der Waals surface area contributed by atoms with Gasteiger partial charge >= 0.3 is 8.80 Å². The summed E-state index contributed by atoms with van der Waals surface area (Å²) in [4.78, 5) is 0. The summed E-state index contributed by atoms with van der Waals surface area (Å²) < 4.78 is 19.7. The predicted octanol–water partition coefficient (Wildman–Crippen LogP) is 4.47. The lowest BCUT2D eigenvalue weighted by Crippen LogP contribution is -2.50. The molecule has 0 saturated carbocycles. The Hall–Kier alpha value is 0.0569. The monoisotopic (exact) mass is 348 g/mol. The minimum Gasteiger partial charge on any atom is -0.373 e. The molecule has 0 rings (SSSR count). The van der Waals surface area contributed by atoms with Crippen LogP contribution in [0.25, 0.3) is 0 Å². The van der Waals surface area contributed by atoms with Gasteiger partial charge in [-0.1, -0.05) is 20.8 Å². The first kappa shape index (κ1) is 23.1. The van der Waals surface area contributed by atoms with E-state index < -0.39 is 8.80 Å². The van der Waals surface area contributed by atoms with E-state index in [4.69, 9.17) is 13.3 Å². The zero-order chi connectivity index (χ0) is 17.6. The van der Waals surface area contributed by atoms with E-state index in [0.717, 1.165) is 51.5 Å². The predicted molar refractivity (Wildman–Crippen MR) is 101 cm³/mol. The van der Waals surface area contributed by atoms with E-state index in [0.29, 0.717) is 0 Å². The van der Waals surface area contributed by atoms with Gasteiger partial charge in [-0.15, -0.1) is 0 Å². The molecule has 0 aromatic carbocycles. The molecule has 0 heterocycles. The Balaban J connectivity index is 4.80. The topological polar surface area (TPSA) is 27.7 Å². The highest BCUT2D eigenvalue weighted by Crippen LogP contribution is 2.21. The van der Waals surface area contributed by atoms with Crippen molar-refractivity contribution < 1.29 is 17.8 Å². The van der Waals surface area contributed by atoms with Crippen LogP contribution in [-0.2, 0) is 13.3 Å². The van der Waals surface area contributed by atoms with Gasteiger partial charge in [0.2, 0.25) is 0 Å². The molecule has 0 amide bonds. The summed E-state index contributed by atoms with van der Waals surface area (Å²) in [6, 6.07) is 0.951. The molecule has 0 bridgehead atoms. The summed E-state index contributed by atoms with van der Waals surface area (Å²) in [7, 11) is -2.51. The van der Waals surface area contributed by atoms with Crippen LogP contribution in [0.15, 0.2) is 0 Å². The molecule has 0 radical (unpaired) electrons. The Morgan fingerprint density at radius 2 is 1.04 bits per heavy atom. The number of quaternary nitrogens is 1. The van der Waals surface area contributed by atoms with Crippen molar-refractivity contribution in [2.75, 3.05) is 46.0 Å². The molecule has 0 unspecified atom stereocenters. The molecule has 4 nitrogen and oxygen atoms in total. The summed E-state index contributed by atoms with van der Waals surface area (Å²) in [5, 5.41) is 0. The summed E-state index contributed by atoms with van der Waals surface area (Å²) in [6.45, 7) is 20.3. The Morgan fingerprint density at radius 3 is 1.35 bits per heavy atom. The van der Waals surface area contributed by atoms with Crippen molar-refractivity contribution in [2.24, 2.45) is 0 Å². The van der Waals surface area contributed by atoms with E-state index in [2.05, 4.69) is 41.5 Å². The fourth-order valence-corrected chi connectivity index (χ4v) is 5.71. The third-order valence-corrected chi connectivity index (χ3v) is 7.60. The van der Waals surface area contributed by atoms with Crippen molar-refractivity contribution in [1.82, 2.24) is 0 Å². The smallest absolute Gasteiger partial charge is 0.373 e. The van der Waals surface area contributed by atoms with E-state index in [1.54, 1.807) is 0 Å². The van der Waals surface area contributed by atoms with Gasteiger partial charge in [0.1, 0.15) is 0 Å². The second kappa shape index (κ2) is 13.4. The highest BCUT2D eigenvalue weighted by atomic mass is 28.4. The summed E-state index contributed by atoms with van der Waals surface area (Å²) in [6.07, 6.45) is 4.16. The van der Waals surface area contributed by atoms with E-state index in [1.807, 2.05) is 0 Å². The molecule has 0 atom stereocenters. The molecule has 0 aliphatic rings. The summed E-state index contributed by atoms with van der Waals surface area (Å²) in [5.41, 5.74) is 0. The quantitative estimate of drug-likeness (QED) is 0.304. The maximum Gasteiger partial charge on any atom is 0.501 e. The fraction of sp³-hybridized carbons (Fsp3) is 1.00. The molecule has 5 heteroatoms. The Kier molecular flexibility index (Phi) is 13.4. The van der Waals surface area contributed by atoms with Gasteiger partial charge in [0.25, 0.3) is 0 Å². The van der Waals surface area contributed by atoms with E-state index in [9.17, 15) is 0 Å². The van der Waals surface area contributed by atoms with Gasteiger partial charge in [0.15, 0.2) is 0 Å². The SMILES string of the molecule is CCCO[Si](CCC[N+](CC)(CC)CC)(OCCC)OCCC. The van der Waals surface area contributed by atoms with Crippen molar-refractivity contribution in [3.05, 3.63) is 0 Å². The average molecular weight is 349 g/mol. The largest absolute Gasteiger partial charge is 0.501 e. The van der Waals surface area contributed by atoms with Gasteiger partial charge in [-0.25, -0.2) is 0 Å². The normalized spacial score (nSPS) is 12.8. The number of rotatable bonds is 16. The van der Waals surface area contributed by atoms with Crippen molar-refractivity contribution >= 4 is 8.80 Å². The lowest BCUT2D eigenvalue weighted by Gasteiger charge is -2.37. The van der Waals surface area contributed by atoms with Crippen LogP contribution >= 0.6 is 0 Å². The molecular weight excluding hydrogens is 306 g/mol. The van der Waals surface area contributed by atoms with Crippen LogP contribution in [0.4, 0.5) is 0 Å². The van der Waals surface area contributed by atoms with Gasteiger partial charge in [0.05, 0.1) is 26.2 Å². The third-order valence-electron chi connectivity index (χ3n) is 4.71. The van der Waals surface area contributed by atoms with Crippen molar-refractivity contribution in [3.63, 3.8) is 0 Å². The van der Waals surface area contributed by atoms with Crippen molar-refractivity contribution in [2.45, 2.75) is 73.3 Å². The molecule has 140 valence electrons. The highest BCUT2D eigenvalue weighted by Gasteiger charge is 2.41. The lowest BCUT2D eigenvalue weighted by atomic mass is 10.3. The second-order valence-corrected chi connectivity index (χ2v) is 9.08. The first-order valence-electron chi connectivity index (χ1n) is 9.84. The summed E-state index contributed by atoms with van der Waals surface area (Å²) >= 11 is 0. The first-order valence-corrected chi connectivity index (χ1v) is 11.8. The van der Waals surface area contributed by atoms with Gasteiger partial charge in [-0.05, 0) is 40.0 Å². The second-order valence-electron chi connectivity index (χ2n) is 6.35. The van der Waals surface area contributed by atoms with Crippen LogP contribution in [0.3, 0.4) is 0 Å². The van der Waals surface area contributed by atoms with Gasteiger partial charge < -0.3 is 17.8 Å². The minimum atomic E-state index is -2.51. The standard InChI is InChI=1S/C18H42NO3Si/c1-7-15-20-23(21-16-8-2,22-17-9-3)18-13-14-19(10-4,11-5)12-6/h7-18H2,1-6H3/q+1. The van der Waals surface area contributed by atoms with Crippen LogP contribution in [0.2, 0.25) is 6.04 Å². The van der Waals surface area contributed by atoms with E-state index in [1.165, 1.54) is 30.7 Å². The van der Waals surface area contributed by atoms with Crippen LogP contribution < -0.4 is 0 Å². The van der Waals surface area contributed by atoms with Gasteiger partial charge in [-0.3, -0.25) is 0 Å². The van der Waals surface area contributed by atoms with Crippen LogP contribution in [-0.4, -0.2) is 59.3 Å². The highest BCUT2D eigenvalue weighted by molar-refractivity contribution is 6.60. The zero-order valence-corrected chi connectivity index (χ0v) is 17.7. The molecule has 0 aromatic rings. The summed E-state index contributed by atoms with van der Waals surface area (Å²) in [5.74, 6) is 0. The Bertz CT molecular complexity index is 243. The van der Waals surface area contributed by atoms with Gasteiger partial charge in [0, 0.05) is 32.3 Å². The number of hydrogen-bond donors (Lipinski definition) is 0. The van der Waals surface area contributed by atoms with E-state index >= 15 is 0 Å². The Labute approximate surface area is 146 Å². The van der Waals surface area contributed by atoms with Crippen LogP contribution in [0.1, 0.15) is 67.2 Å². The Morgan fingerprint density at radius 1 is 0.652 bits per heavy atom. The fourth-order valence-electron chi connectivity index (χ4n) is 2.89. The third kappa shape index (κ3) is 8.63. The maximum absolute atomic E-state index is 6.19. The van der Waals surface area contributed by atoms with E-state index in [-0.39, 0.29) is 0 Å². The molecule has 0 aliphatic carbocycles. The molecule has 0 saturated heterocycles. The number of hydrogen-bond acceptors (Lipinski definition) is 3. The van der Waals surface area contributed by atoms with Crippen LogP contribution in [0.5, 0.6) is 0 Å². The molecule has 0 aromatic heterocycles. The lowest BCUT2D eigenvalue weighted by molar-refractivity contribution is -0.923. The molecule has 23 heavy (non-hydrogen) atoms. The maximum atomic E-state index is 6.19. The molecular formula is C18H42NO3Si+. The first-order chi connectivity index (χ1) is 11.1. The average Bonchev–Trinajstić information content (AvgIpc) is 2.60. The minimum absolute atomic E-state index is 0.745. The van der Waals surface area contributed by atoms with Crippen molar-refractivity contribution in [3.8, 4) is 0 Å². The van der Waals surface area contributed by atoms with Crippen LogP contribution in [0, 0.1) is 0 Å². The van der Waals surface area contributed by atoms with Gasteiger partial charge in [-0.2, -0.15) is 0 Å². The molecule has 0 spiro atoms.